The monoisotopic (exact) mass is 224 g/mol. The molecule has 0 aromatic rings. The van der Waals surface area contributed by atoms with Crippen LogP contribution in [0.25, 0.3) is 0 Å². The van der Waals surface area contributed by atoms with Gasteiger partial charge in [-0.15, -0.1) is 0 Å². The fourth-order valence-electron chi connectivity index (χ4n) is 4.12. The minimum atomic E-state index is -0.186. The van der Waals surface area contributed by atoms with Gasteiger partial charge in [0, 0.05) is 12.6 Å². The van der Waals surface area contributed by atoms with Crippen LogP contribution in [-0.2, 0) is 4.79 Å². The van der Waals surface area contributed by atoms with Crippen molar-refractivity contribution in [3.8, 4) is 0 Å². The van der Waals surface area contributed by atoms with Gasteiger partial charge >= 0.3 is 0 Å². The van der Waals surface area contributed by atoms with Crippen LogP contribution >= 0.6 is 0 Å². The quantitative estimate of drug-likeness (QED) is 0.777. The third-order valence-corrected chi connectivity index (χ3v) is 4.36. The van der Waals surface area contributed by atoms with Crippen molar-refractivity contribution in [2.24, 2.45) is 16.6 Å². The van der Waals surface area contributed by atoms with E-state index < -0.39 is 0 Å². The van der Waals surface area contributed by atoms with Crippen molar-refractivity contribution in [1.82, 2.24) is 4.90 Å². The van der Waals surface area contributed by atoms with E-state index in [0.717, 1.165) is 6.54 Å². The van der Waals surface area contributed by atoms with Crippen molar-refractivity contribution < 1.29 is 4.79 Å². The standard InChI is InChI=1S/C13H24N2O/c1-9(11(14)16)15-8-13(4)6-10(15)5-12(2,3)7-13/h9-10H,5-8H2,1-4H3,(H2,14,16). The van der Waals surface area contributed by atoms with Gasteiger partial charge in [0.15, 0.2) is 0 Å². The highest BCUT2D eigenvalue weighted by atomic mass is 16.1. The van der Waals surface area contributed by atoms with Gasteiger partial charge in [0.1, 0.15) is 0 Å². The number of nitrogens with two attached hydrogens (primary N) is 1. The summed E-state index contributed by atoms with van der Waals surface area (Å²) in [7, 11) is 0. The zero-order chi connectivity index (χ0) is 12.1. The summed E-state index contributed by atoms with van der Waals surface area (Å²) in [6.07, 6.45) is 3.69. The molecule has 2 bridgehead atoms. The molecule has 16 heavy (non-hydrogen) atoms. The Hall–Kier alpha value is -0.570. The predicted octanol–water partition coefficient (Wildman–Crippen LogP) is 1.76. The lowest BCUT2D eigenvalue weighted by molar-refractivity contribution is -0.123. The summed E-state index contributed by atoms with van der Waals surface area (Å²) < 4.78 is 0. The fraction of sp³-hybridized carbons (Fsp3) is 0.923. The molecule has 1 aliphatic carbocycles. The Kier molecular flexibility index (Phi) is 2.57. The van der Waals surface area contributed by atoms with E-state index in [4.69, 9.17) is 5.73 Å². The molecule has 1 heterocycles. The van der Waals surface area contributed by atoms with Crippen molar-refractivity contribution in [2.45, 2.75) is 59.0 Å². The number of hydrogen-bond acceptors (Lipinski definition) is 2. The predicted molar refractivity (Wildman–Crippen MR) is 64.9 cm³/mol. The number of likely N-dealkylation sites (tertiary alicyclic amines) is 1. The molecule has 1 aliphatic heterocycles. The van der Waals surface area contributed by atoms with Crippen LogP contribution in [0.1, 0.15) is 47.0 Å². The number of amides is 1. The molecule has 0 radical (unpaired) electrons. The van der Waals surface area contributed by atoms with Crippen molar-refractivity contribution in [3.05, 3.63) is 0 Å². The minimum Gasteiger partial charge on any atom is -0.368 e. The van der Waals surface area contributed by atoms with Crippen LogP contribution in [0.5, 0.6) is 0 Å². The first-order valence-corrected chi connectivity index (χ1v) is 6.28. The summed E-state index contributed by atoms with van der Waals surface area (Å²) in [5.41, 5.74) is 6.22. The molecule has 92 valence electrons. The number of rotatable bonds is 2. The molecule has 0 spiro atoms. The Balaban J connectivity index is 2.19. The van der Waals surface area contributed by atoms with Crippen LogP contribution in [0.3, 0.4) is 0 Å². The molecule has 1 saturated carbocycles. The Morgan fingerprint density at radius 1 is 1.38 bits per heavy atom. The van der Waals surface area contributed by atoms with E-state index in [1.807, 2.05) is 6.92 Å². The number of primary amides is 1. The third-order valence-electron chi connectivity index (χ3n) is 4.36. The molecule has 3 nitrogen and oxygen atoms in total. The largest absolute Gasteiger partial charge is 0.368 e. The van der Waals surface area contributed by atoms with Crippen molar-refractivity contribution >= 4 is 5.91 Å². The number of carbonyl (C=O) groups is 1. The van der Waals surface area contributed by atoms with Gasteiger partial charge in [-0.3, -0.25) is 9.69 Å². The van der Waals surface area contributed by atoms with Crippen LogP contribution in [0.4, 0.5) is 0 Å². The Morgan fingerprint density at radius 2 is 2.00 bits per heavy atom. The molecule has 1 saturated heterocycles. The molecule has 2 aliphatic rings. The second-order valence-electron chi connectivity index (χ2n) is 6.96. The molecular formula is C13H24N2O. The van der Waals surface area contributed by atoms with Gasteiger partial charge in [-0.1, -0.05) is 20.8 Å². The zero-order valence-corrected chi connectivity index (χ0v) is 10.9. The van der Waals surface area contributed by atoms with E-state index in [1.165, 1.54) is 19.3 Å². The SMILES string of the molecule is CC(C(N)=O)N1CC2(C)CC1CC(C)(C)C2. The minimum absolute atomic E-state index is 0.110. The maximum Gasteiger partial charge on any atom is 0.234 e. The second kappa shape index (κ2) is 3.46. The van der Waals surface area contributed by atoms with Gasteiger partial charge in [-0.05, 0) is 37.0 Å². The van der Waals surface area contributed by atoms with Gasteiger partial charge in [-0.2, -0.15) is 0 Å². The Morgan fingerprint density at radius 3 is 2.56 bits per heavy atom. The summed E-state index contributed by atoms with van der Waals surface area (Å²) in [6, 6.07) is 0.442. The highest BCUT2D eigenvalue weighted by molar-refractivity contribution is 5.79. The van der Waals surface area contributed by atoms with E-state index in [2.05, 4.69) is 25.7 Å². The second-order valence-corrected chi connectivity index (χ2v) is 6.96. The van der Waals surface area contributed by atoms with Gasteiger partial charge in [0.25, 0.3) is 0 Å². The van der Waals surface area contributed by atoms with E-state index in [-0.39, 0.29) is 11.9 Å². The van der Waals surface area contributed by atoms with E-state index >= 15 is 0 Å². The topological polar surface area (TPSA) is 46.3 Å². The first-order chi connectivity index (χ1) is 7.22. The summed E-state index contributed by atoms with van der Waals surface area (Å²) in [5, 5.41) is 0. The van der Waals surface area contributed by atoms with Crippen LogP contribution in [0.2, 0.25) is 0 Å². The molecule has 2 N–H and O–H groups in total. The lowest BCUT2D eigenvalue weighted by Gasteiger charge is -2.40. The van der Waals surface area contributed by atoms with Gasteiger partial charge < -0.3 is 5.73 Å². The van der Waals surface area contributed by atoms with Crippen LogP contribution in [0.15, 0.2) is 0 Å². The zero-order valence-electron chi connectivity index (χ0n) is 10.9. The summed E-state index contributed by atoms with van der Waals surface area (Å²) in [4.78, 5) is 13.7. The molecule has 0 aromatic heterocycles. The first kappa shape index (κ1) is 11.9. The van der Waals surface area contributed by atoms with Crippen LogP contribution in [-0.4, -0.2) is 29.4 Å². The normalized spacial score (nSPS) is 39.6. The van der Waals surface area contributed by atoms with Gasteiger partial charge in [0.2, 0.25) is 5.91 Å². The third kappa shape index (κ3) is 1.97. The number of fused-ring (bicyclic) bond motifs is 2. The van der Waals surface area contributed by atoms with Crippen molar-refractivity contribution in [3.63, 3.8) is 0 Å². The molecular weight excluding hydrogens is 200 g/mol. The summed E-state index contributed by atoms with van der Waals surface area (Å²) in [6.45, 7) is 10.0. The molecule has 3 heteroatoms. The van der Waals surface area contributed by atoms with Crippen molar-refractivity contribution in [1.29, 1.82) is 0 Å². The summed E-state index contributed by atoms with van der Waals surface area (Å²) in [5.74, 6) is -0.186. The number of nitrogens with zero attached hydrogens (tertiary/aromatic N) is 1. The molecule has 1 amide bonds. The molecule has 3 atom stereocenters. The fourth-order valence-corrected chi connectivity index (χ4v) is 4.12. The highest BCUT2D eigenvalue weighted by Gasteiger charge is 2.51. The number of carbonyl (C=O) groups excluding carboxylic acids is 1. The van der Waals surface area contributed by atoms with E-state index in [9.17, 15) is 4.79 Å². The molecule has 3 unspecified atom stereocenters. The lowest BCUT2D eigenvalue weighted by atomic mass is 9.65. The molecule has 2 fully saturated rings. The van der Waals surface area contributed by atoms with E-state index in [1.54, 1.807) is 0 Å². The maximum absolute atomic E-state index is 11.3. The average Bonchev–Trinajstić information content (AvgIpc) is 2.33. The Bertz CT molecular complexity index is 313. The first-order valence-electron chi connectivity index (χ1n) is 6.28. The van der Waals surface area contributed by atoms with Crippen LogP contribution in [0, 0.1) is 10.8 Å². The summed E-state index contributed by atoms with van der Waals surface area (Å²) >= 11 is 0. The number of hydrogen-bond donors (Lipinski definition) is 1. The van der Waals surface area contributed by atoms with Crippen LogP contribution < -0.4 is 5.73 Å². The Labute approximate surface area is 98.4 Å². The highest BCUT2D eigenvalue weighted by Crippen LogP contribution is 2.52. The average molecular weight is 224 g/mol. The van der Waals surface area contributed by atoms with E-state index in [0.29, 0.717) is 16.9 Å². The maximum atomic E-state index is 11.3. The smallest absolute Gasteiger partial charge is 0.234 e. The van der Waals surface area contributed by atoms with Gasteiger partial charge in [0.05, 0.1) is 6.04 Å². The molecule has 0 aromatic carbocycles. The molecule has 2 rings (SSSR count). The van der Waals surface area contributed by atoms with Gasteiger partial charge in [-0.25, -0.2) is 0 Å². The van der Waals surface area contributed by atoms with Crippen molar-refractivity contribution in [2.75, 3.05) is 6.54 Å². The lowest BCUT2D eigenvalue weighted by Crippen LogP contribution is -2.45.